The number of amides is 2. The minimum Gasteiger partial charge on any atom is -0.465 e. The lowest BCUT2D eigenvalue weighted by Gasteiger charge is -2.37. The average Bonchev–Trinajstić information content (AvgIpc) is 3.31. The Morgan fingerprint density at radius 3 is 2.45 bits per heavy atom. The van der Waals surface area contributed by atoms with Gasteiger partial charge in [-0.05, 0) is 83.6 Å². The van der Waals surface area contributed by atoms with Gasteiger partial charge in [0.25, 0.3) is 5.91 Å². The number of aliphatic hydroxyl groups excluding tert-OH is 1. The molecule has 5 atom stereocenters. The fourth-order valence-electron chi connectivity index (χ4n) is 7.27. The Hall–Kier alpha value is -2.78. The van der Waals surface area contributed by atoms with Crippen LogP contribution in [0.25, 0.3) is 0 Å². The Bertz CT molecular complexity index is 1210. The molecule has 1 aromatic carbocycles. The van der Waals surface area contributed by atoms with E-state index in [2.05, 4.69) is 49.1 Å². The Morgan fingerprint density at radius 1 is 0.976 bits per heavy atom. The lowest BCUT2D eigenvalue weighted by molar-refractivity contribution is -0.154. The van der Waals surface area contributed by atoms with E-state index in [0.29, 0.717) is 32.5 Å². The molecule has 1 spiro atoms. The van der Waals surface area contributed by atoms with E-state index in [1.807, 2.05) is 25.1 Å². The quantitative estimate of drug-likeness (QED) is 0.254. The Labute approximate surface area is 254 Å². The van der Waals surface area contributed by atoms with Crippen LogP contribution in [-0.4, -0.2) is 82.7 Å². The third-order valence-corrected chi connectivity index (χ3v) is 11.1. The van der Waals surface area contributed by atoms with E-state index in [1.165, 1.54) is 0 Å². The van der Waals surface area contributed by atoms with Crippen molar-refractivity contribution in [2.24, 2.45) is 11.8 Å². The molecule has 2 fully saturated rings. The predicted octanol–water partition coefficient (Wildman–Crippen LogP) is 4.57. The number of fused-ring (bicyclic) bond motifs is 2. The summed E-state index contributed by atoms with van der Waals surface area (Å²) in [4.78, 5) is 48.5. The number of allylic oxidation sites excluding steroid dienone is 1. The van der Waals surface area contributed by atoms with Gasteiger partial charge in [-0.1, -0.05) is 24.3 Å². The first kappa shape index (κ1) is 30.7. The minimum absolute atomic E-state index is 0.0946. The zero-order valence-electron chi connectivity index (χ0n) is 25.2. The molecule has 4 aliphatic rings. The zero-order valence-corrected chi connectivity index (χ0v) is 26.0. The number of likely N-dealkylation sites (tertiary alicyclic amines) is 1. The summed E-state index contributed by atoms with van der Waals surface area (Å²) in [5.41, 5.74) is 1.90. The van der Waals surface area contributed by atoms with Gasteiger partial charge in [0.1, 0.15) is 6.04 Å². The number of esters is 1. The van der Waals surface area contributed by atoms with Crippen molar-refractivity contribution in [3.8, 4) is 0 Å². The van der Waals surface area contributed by atoms with Crippen LogP contribution in [0.2, 0.25) is 0 Å². The molecule has 8 nitrogen and oxygen atoms in total. The van der Waals surface area contributed by atoms with Crippen LogP contribution in [-0.2, 0) is 19.1 Å². The summed E-state index contributed by atoms with van der Waals surface area (Å²) < 4.78 is 4.20. The van der Waals surface area contributed by atoms with Gasteiger partial charge in [-0.3, -0.25) is 14.4 Å². The SMILES string of the molecule is CCN(CC)c1ccc(N2CC=C[C@]34S[C@]5(C)/C=C\CCCCOC(=O)[C@@H]5[C@H]3C(=O)N(CCCCCO)C4C2=O)cc1. The molecule has 1 unspecified atom stereocenters. The topological polar surface area (TPSA) is 90.4 Å². The third kappa shape index (κ3) is 5.39. The molecule has 0 aliphatic carbocycles. The van der Waals surface area contributed by atoms with Crippen molar-refractivity contribution >= 4 is 40.9 Å². The molecule has 4 aliphatic heterocycles. The van der Waals surface area contributed by atoms with Crippen LogP contribution in [0.3, 0.4) is 0 Å². The second-order valence-electron chi connectivity index (χ2n) is 11.9. The molecule has 0 bridgehead atoms. The maximum absolute atomic E-state index is 14.7. The molecule has 1 N–H and O–H groups in total. The summed E-state index contributed by atoms with van der Waals surface area (Å²) in [6, 6.07) is 7.33. The van der Waals surface area contributed by atoms with Crippen molar-refractivity contribution in [3.05, 3.63) is 48.6 Å². The minimum atomic E-state index is -0.891. The predicted molar refractivity (Wildman–Crippen MR) is 168 cm³/mol. The average molecular weight is 596 g/mol. The normalized spacial score (nSPS) is 31.7. The van der Waals surface area contributed by atoms with Gasteiger partial charge in [-0.2, -0.15) is 0 Å². The molecule has 228 valence electrons. The third-order valence-electron chi connectivity index (χ3n) is 9.35. The van der Waals surface area contributed by atoms with Gasteiger partial charge in [-0.15, -0.1) is 11.8 Å². The van der Waals surface area contributed by atoms with E-state index in [1.54, 1.807) is 21.6 Å². The molecule has 1 aromatic rings. The highest BCUT2D eigenvalue weighted by molar-refractivity contribution is 8.02. The molecule has 42 heavy (non-hydrogen) atoms. The highest BCUT2D eigenvalue weighted by atomic mass is 32.2. The molecule has 4 heterocycles. The first-order chi connectivity index (χ1) is 20.3. The molecule has 0 saturated carbocycles. The Morgan fingerprint density at radius 2 is 1.74 bits per heavy atom. The van der Waals surface area contributed by atoms with Crippen molar-refractivity contribution in [1.29, 1.82) is 0 Å². The van der Waals surface area contributed by atoms with Crippen LogP contribution in [0, 0.1) is 11.8 Å². The van der Waals surface area contributed by atoms with Crippen LogP contribution < -0.4 is 9.80 Å². The van der Waals surface area contributed by atoms with Gasteiger partial charge < -0.3 is 24.5 Å². The number of aliphatic hydroxyl groups is 1. The molecule has 2 amide bonds. The van der Waals surface area contributed by atoms with Crippen molar-refractivity contribution in [1.82, 2.24) is 4.90 Å². The van der Waals surface area contributed by atoms with Crippen molar-refractivity contribution in [2.45, 2.75) is 74.8 Å². The van der Waals surface area contributed by atoms with E-state index < -0.39 is 27.4 Å². The summed E-state index contributed by atoms with van der Waals surface area (Å²) in [6.45, 7) is 9.31. The van der Waals surface area contributed by atoms with Crippen LogP contribution >= 0.6 is 11.8 Å². The number of benzene rings is 1. The second kappa shape index (κ2) is 12.8. The van der Waals surface area contributed by atoms with Gasteiger partial charge in [0.05, 0.1) is 23.2 Å². The number of cyclic esters (lactones) is 1. The maximum atomic E-state index is 14.7. The lowest BCUT2D eigenvalue weighted by atomic mass is 9.74. The fraction of sp³-hybridized carbons (Fsp3) is 0.606. The molecular formula is C33H45N3O5S. The molecule has 9 heteroatoms. The summed E-state index contributed by atoms with van der Waals surface area (Å²) in [6.07, 6.45) is 13.0. The summed E-state index contributed by atoms with van der Waals surface area (Å²) in [5.74, 6) is -2.00. The molecular weight excluding hydrogens is 550 g/mol. The van der Waals surface area contributed by atoms with Crippen LogP contribution in [0.15, 0.2) is 48.6 Å². The fourth-order valence-corrected chi connectivity index (χ4v) is 9.43. The highest BCUT2D eigenvalue weighted by Crippen LogP contribution is 2.65. The number of nitrogens with zero attached hydrogens (tertiary/aromatic N) is 3. The van der Waals surface area contributed by atoms with E-state index in [-0.39, 0.29) is 24.4 Å². The van der Waals surface area contributed by atoms with E-state index in [0.717, 1.165) is 50.1 Å². The lowest BCUT2D eigenvalue weighted by Crippen LogP contribution is -2.53. The van der Waals surface area contributed by atoms with Gasteiger partial charge in [0, 0.05) is 48.9 Å². The second-order valence-corrected chi connectivity index (χ2v) is 13.7. The number of unbranched alkanes of at least 4 members (excludes halogenated alkanes) is 2. The smallest absolute Gasteiger partial charge is 0.311 e. The number of hydrogen-bond acceptors (Lipinski definition) is 7. The van der Waals surface area contributed by atoms with E-state index in [4.69, 9.17) is 4.74 Å². The van der Waals surface area contributed by atoms with Crippen LogP contribution in [0.4, 0.5) is 11.4 Å². The molecule has 0 radical (unpaired) electrons. The van der Waals surface area contributed by atoms with Crippen LogP contribution in [0.1, 0.15) is 59.3 Å². The zero-order chi connectivity index (χ0) is 29.9. The number of carbonyl (C=O) groups excluding carboxylic acids is 3. The first-order valence-electron chi connectivity index (χ1n) is 15.6. The standard InChI is InChI=1S/C33H45N3O5S/c1-4-34(5-2)24-14-16-25(17-15-24)35-21-13-19-33-26(29(38)36(28(33)30(35)39)20-10-8-11-22-37)27-31(40)41-23-12-7-6-9-18-32(27,3)42-33/h9,13-19,26-28,37H,4-8,10-12,20-23H2,1-3H3/b18-9-/t26-,27-,28?,32+,33-/m0/s1. The first-order valence-corrected chi connectivity index (χ1v) is 16.4. The summed E-state index contributed by atoms with van der Waals surface area (Å²) in [5, 5.41) is 9.32. The number of ether oxygens (including phenoxy) is 1. The van der Waals surface area contributed by atoms with Gasteiger partial charge in [0.15, 0.2) is 0 Å². The van der Waals surface area contributed by atoms with Gasteiger partial charge in [-0.25, -0.2) is 0 Å². The highest BCUT2D eigenvalue weighted by Gasteiger charge is 2.73. The Balaban J connectivity index is 1.55. The summed E-state index contributed by atoms with van der Waals surface area (Å²) >= 11 is 1.59. The number of rotatable bonds is 9. The number of hydrogen-bond donors (Lipinski definition) is 1. The van der Waals surface area contributed by atoms with Crippen molar-refractivity contribution in [3.63, 3.8) is 0 Å². The monoisotopic (exact) mass is 595 g/mol. The van der Waals surface area contributed by atoms with Crippen LogP contribution in [0.5, 0.6) is 0 Å². The largest absolute Gasteiger partial charge is 0.465 e. The van der Waals surface area contributed by atoms with Crippen molar-refractivity contribution in [2.75, 3.05) is 49.2 Å². The van der Waals surface area contributed by atoms with Crippen molar-refractivity contribution < 1.29 is 24.2 Å². The van der Waals surface area contributed by atoms with E-state index in [9.17, 15) is 19.5 Å². The Kier molecular flexibility index (Phi) is 9.38. The molecule has 0 aromatic heterocycles. The van der Waals surface area contributed by atoms with Gasteiger partial charge in [0.2, 0.25) is 5.91 Å². The number of anilines is 2. The van der Waals surface area contributed by atoms with E-state index >= 15 is 0 Å². The molecule has 2 saturated heterocycles. The number of thioether (sulfide) groups is 1. The summed E-state index contributed by atoms with van der Waals surface area (Å²) in [7, 11) is 0. The maximum Gasteiger partial charge on any atom is 0.311 e. The van der Waals surface area contributed by atoms with Gasteiger partial charge >= 0.3 is 5.97 Å². The molecule has 5 rings (SSSR count). The number of carbonyl (C=O) groups is 3.